The molecule has 1 unspecified atom stereocenters. The van der Waals surface area contributed by atoms with Crippen LogP contribution in [0.25, 0.3) is 0 Å². The maximum Gasteiger partial charge on any atom is 0.331 e. The molecule has 1 N–H and O–H groups in total. The minimum atomic E-state index is -1.02. The van der Waals surface area contributed by atoms with Gasteiger partial charge in [-0.2, -0.15) is 0 Å². The van der Waals surface area contributed by atoms with Gasteiger partial charge in [0.15, 0.2) is 0 Å². The van der Waals surface area contributed by atoms with Gasteiger partial charge in [-0.1, -0.05) is 0 Å². The van der Waals surface area contributed by atoms with Crippen molar-refractivity contribution in [1.29, 1.82) is 0 Å². The predicted molar refractivity (Wildman–Crippen MR) is 59.9 cm³/mol. The van der Waals surface area contributed by atoms with Gasteiger partial charge in [-0.05, 0) is 12.1 Å². The molecule has 8 nitrogen and oxygen atoms in total. The number of anilines is 1. The molecule has 3 amide bonds. The molecule has 1 aromatic carbocycles. The molecule has 1 aliphatic heterocycles. The van der Waals surface area contributed by atoms with Crippen molar-refractivity contribution in [3.8, 4) is 0 Å². The van der Waals surface area contributed by atoms with Crippen molar-refractivity contribution in [2.24, 2.45) is 0 Å². The highest BCUT2D eigenvalue weighted by Crippen LogP contribution is 2.22. The van der Waals surface area contributed by atoms with Gasteiger partial charge < -0.3 is 10.1 Å². The predicted octanol–water partition coefficient (Wildman–Crippen LogP) is 0.624. The number of nitro groups is 1. The Kier molecular flexibility index (Phi) is 2.94. The number of methoxy groups -OCH3 is 1. The van der Waals surface area contributed by atoms with Crippen LogP contribution in [0.3, 0.4) is 0 Å². The first-order chi connectivity index (χ1) is 8.54. The van der Waals surface area contributed by atoms with Crippen molar-refractivity contribution in [1.82, 2.24) is 5.32 Å². The molecule has 1 fully saturated rings. The van der Waals surface area contributed by atoms with E-state index in [2.05, 4.69) is 5.32 Å². The van der Waals surface area contributed by atoms with Gasteiger partial charge in [-0.3, -0.25) is 14.9 Å². The van der Waals surface area contributed by atoms with E-state index in [0.717, 1.165) is 4.90 Å². The number of benzene rings is 1. The number of imide groups is 1. The Morgan fingerprint density at radius 1 is 1.33 bits per heavy atom. The highest BCUT2D eigenvalue weighted by atomic mass is 16.6. The van der Waals surface area contributed by atoms with Crippen LogP contribution >= 0.6 is 0 Å². The number of carbonyl (C=O) groups excluding carboxylic acids is 2. The van der Waals surface area contributed by atoms with E-state index >= 15 is 0 Å². The number of carbonyl (C=O) groups is 2. The van der Waals surface area contributed by atoms with Crippen molar-refractivity contribution >= 4 is 23.3 Å². The third kappa shape index (κ3) is 1.89. The van der Waals surface area contributed by atoms with Gasteiger partial charge >= 0.3 is 6.03 Å². The normalized spacial score (nSPS) is 18.9. The monoisotopic (exact) mass is 251 g/mol. The van der Waals surface area contributed by atoms with Crippen LogP contribution in [-0.2, 0) is 9.53 Å². The lowest BCUT2D eigenvalue weighted by molar-refractivity contribution is -0.384. The summed E-state index contributed by atoms with van der Waals surface area (Å²) < 4.78 is 4.78. The standard InChI is InChI=1S/C10H9N3O5/c1-18-8-9(14)12(10(15)11-8)6-2-4-7(5-3-6)13(16)17/h2-5,8H,1H3,(H,11,15). The molecule has 0 aliphatic carbocycles. The number of nitrogens with zero attached hydrogens (tertiary/aromatic N) is 2. The van der Waals surface area contributed by atoms with Crippen LogP contribution < -0.4 is 10.2 Å². The number of nitrogens with one attached hydrogen (secondary N) is 1. The minimum absolute atomic E-state index is 0.117. The maximum absolute atomic E-state index is 11.7. The van der Waals surface area contributed by atoms with Crippen LogP contribution in [-0.4, -0.2) is 30.2 Å². The first-order valence-electron chi connectivity index (χ1n) is 4.96. The first-order valence-corrected chi connectivity index (χ1v) is 4.96. The fourth-order valence-corrected chi connectivity index (χ4v) is 1.58. The van der Waals surface area contributed by atoms with Crippen molar-refractivity contribution < 1.29 is 19.2 Å². The molecule has 2 rings (SSSR count). The summed E-state index contributed by atoms with van der Waals surface area (Å²) in [6.07, 6.45) is -1.02. The molecule has 1 saturated heterocycles. The van der Waals surface area contributed by atoms with Gasteiger partial charge in [0.25, 0.3) is 11.6 Å². The lowest BCUT2D eigenvalue weighted by Gasteiger charge is -2.11. The van der Waals surface area contributed by atoms with Gasteiger partial charge in [0, 0.05) is 19.2 Å². The molecule has 1 heterocycles. The topological polar surface area (TPSA) is 102 Å². The molecular formula is C10H9N3O5. The number of non-ortho nitro benzene ring substituents is 1. The molecule has 0 spiro atoms. The van der Waals surface area contributed by atoms with Gasteiger partial charge in [0.05, 0.1) is 10.6 Å². The van der Waals surface area contributed by atoms with Crippen LogP contribution in [0.4, 0.5) is 16.2 Å². The third-order valence-electron chi connectivity index (χ3n) is 2.46. The van der Waals surface area contributed by atoms with Gasteiger partial charge in [0.1, 0.15) is 0 Å². The summed E-state index contributed by atoms with van der Waals surface area (Å²) in [4.78, 5) is 34.1. The number of nitro benzene ring substituents is 1. The fourth-order valence-electron chi connectivity index (χ4n) is 1.58. The van der Waals surface area contributed by atoms with E-state index in [1.165, 1.54) is 31.4 Å². The minimum Gasteiger partial charge on any atom is -0.353 e. The van der Waals surface area contributed by atoms with Crippen LogP contribution in [0.15, 0.2) is 24.3 Å². The van der Waals surface area contributed by atoms with Crippen LogP contribution in [0.5, 0.6) is 0 Å². The van der Waals surface area contributed by atoms with Gasteiger partial charge in [-0.25, -0.2) is 9.69 Å². The zero-order chi connectivity index (χ0) is 13.3. The number of urea groups is 1. The van der Waals surface area contributed by atoms with Crippen molar-refractivity contribution in [2.75, 3.05) is 12.0 Å². The van der Waals surface area contributed by atoms with E-state index in [4.69, 9.17) is 4.74 Å². The SMILES string of the molecule is COC1NC(=O)N(c2ccc([N+](=O)[O-])cc2)C1=O. The van der Waals surface area contributed by atoms with E-state index in [-0.39, 0.29) is 11.4 Å². The zero-order valence-corrected chi connectivity index (χ0v) is 9.32. The summed E-state index contributed by atoms with van der Waals surface area (Å²) in [6.45, 7) is 0. The van der Waals surface area contributed by atoms with Crippen LogP contribution in [0, 0.1) is 10.1 Å². The summed E-state index contributed by atoms with van der Waals surface area (Å²) in [5, 5.41) is 12.8. The Hall–Kier alpha value is -2.48. The lowest BCUT2D eigenvalue weighted by atomic mass is 10.2. The van der Waals surface area contributed by atoms with Crippen molar-refractivity contribution in [3.05, 3.63) is 34.4 Å². The van der Waals surface area contributed by atoms with Crippen LogP contribution in [0.1, 0.15) is 0 Å². The maximum atomic E-state index is 11.7. The molecule has 1 aliphatic rings. The molecule has 8 heteroatoms. The average molecular weight is 251 g/mol. The summed E-state index contributed by atoms with van der Waals surface area (Å²) in [5.41, 5.74) is 0.136. The molecule has 0 radical (unpaired) electrons. The molecule has 0 bridgehead atoms. The molecular weight excluding hydrogens is 242 g/mol. The van der Waals surface area contributed by atoms with E-state index in [0.29, 0.717) is 0 Å². The molecule has 0 aromatic heterocycles. The summed E-state index contributed by atoms with van der Waals surface area (Å²) in [5.74, 6) is -0.559. The Morgan fingerprint density at radius 2 is 1.94 bits per heavy atom. The first kappa shape index (κ1) is 12.0. The quantitative estimate of drug-likeness (QED) is 0.482. The number of rotatable bonds is 3. The number of amides is 3. The fraction of sp³-hybridized carbons (Fsp3) is 0.200. The second-order valence-electron chi connectivity index (χ2n) is 3.51. The summed E-state index contributed by atoms with van der Waals surface area (Å²) in [6, 6.07) is 4.47. The Bertz CT molecular complexity index is 513. The van der Waals surface area contributed by atoms with Crippen molar-refractivity contribution in [3.63, 3.8) is 0 Å². The number of hydrogen-bond acceptors (Lipinski definition) is 5. The Labute approximate surface area is 101 Å². The Balaban J connectivity index is 2.29. The molecule has 94 valence electrons. The van der Waals surface area contributed by atoms with E-state index in [1.54, 1.807) is 0 Å². The molecule has 0 saturated carbocycles. The third-order valence-corrected chi connectivity index (χ3v) is 2.46. The summed E-state index contributed by atoms with van der Waals surface area (Å²) in [7, 11) is 1.29. The smallest absolute Gasteiger partial charge is 0.331 e. The Morgan fingerprint density at radius 3 is 2.39 bits per heavy atom. The largest absolute Gasteiger partial charge is 0.353 e. The van der Waals surface area contributed by atoms with Crippen LogP contribution in [0.2, 0.25) is 0 Å². The van der Waals surface area contributed by atoms with E-state index < -0.39 is 23.1 Å². The molecule has 1 aromatic rings. The molecule has 1 atom stereocenters. The van der Waals surface area contributed by atoms with Crippen molar-refractivity contribution in [2.45, 2.75) is 6.23 Å². The number of ether oxygens (including phenoxy) is 1. The summed E-state index contributed by atoms with van der Waals surface area (Å²) >= 11 is 0. The highest BCUT2D eigenvalue weighted by molar-refractivity contribution is 6.20. The lowest BCUT2D eigenvalue weighted by Crippen LogP contribution is -2.32. The number of hydrogen-bond donors (Lipinski definition) is 1. The van der Waals surface area contributed by atoms with E-state index in [1.807, 2.05) is 0 Å². The second-order valence-corrected chi connectivity index (χ2v) is 3.51. The highest BCUT2D eigenvalue weighted by Gasteiger charge is 2.39. The van der Waals surface area contributed by atoms with Gasteiger partial charge in [0.2, 0.25) is 6.23 Å². The average Bonchev–Trinajstić information content (AvgIpc) is 2.64. The molecule has 18 heavy (non-hydrogen) atoms. The second kappa shape index (κ2) is 4.41. The zero-order valence-electron chi connectivity index (χ0n) is 9.32. The van der Waals surface area contributed by atoms with E-state index in [9.17, 15) is 19.7 Å². The van der Waals surface area contributed by atoms with Gasteiger partial charge in [-0.15, -0.1) is 0 Å².